The van der Waals surface area contributed by atoms with Gasteiger partial charge in [-0.15, -0.1) is 11.3 Å². The van der Waals surface area contributed by atoms with E-state index in [1.165, 1.54) is 11.8 Å². The first-order valence-electron chi connectivity index (χ1n) is 6.11. The Hall–Kier alpha value is -1.34. The molecule has 19 heavy (non-hydrogen) atoms. The highest BCUT2D eigenvalue weighted by Crippen LogP contribution is 2.18. The average molecular weight is 295 g/mol. The summed E-state index contributed by atoms with van der Waals surface area (Å²) in [5.74, 6) is 1.69. The quantitative estimate of drug-likeness (QED) is 0.604. The van der Waals surface area contributed by atoms with Crippen LogP contribution in [0.25, 0.3) is 0 Å². The van der Waals surface area contributed by atoms with E-state index in [1.807, 2.05) is 23.9 Å². The third-order valence-electron chi connectivity index (χ3n) is 2.35. The van der Waals surface area contributed by atoms with Gasteiger partial charge < -0.3 is 10.6 Å². The van der Waals surface area contributed by atoms with Crippen LogP contribution in [0.4, 0.5) is 11.6 Å². The number of hydrogen-bond acceptors (Lipinski definition) is 7. The molecule has 2 rings (SSSR count). The molecule has 0 saturated carbocycles. The number of aromatic nitrogens is 3. The van der Waals surface area contributed by atoms with Gasteiger partial charge in [-0.25, -0.2) is 15.0 Å². The van der Waals surface area contributed by atoms with Gasteiger partial charge in [0.05, 0.1) is 6.54 Å². The van der Waals surface area contributed by atoms with Gasteiger partial charge in [0.15, 0.2) is 5.16 Å². The molecule has 0 aliphatic carbocycles. The third-order valence-corrected chi connectivity index (χ3v) is 3.68. The minimum absolute atomic E-state index is 0.690. The molecule has 0 atom stereocenters. The molecule has 0 bridgehead atoms. The van der Waals surface area contributed by atoms with Crippen molar-refractivity contribution in [3.8, 4) is 0 Å². The number of rotatable bonds is 7. The van der Waals surface area contributed by atoms with Crippen LogP contribution in [0.2, 0.25) is 0 Å². The molecule has 2 N–H and O–H groups in total. The van der Waals surface area contributed by atoms with E-state index in [-0.39, 0.29) is 0 Å². The van der Waals surface area contributed by atoms with Gasteiger partial charge >= 0.3 is 0 Å². The standard InChI is InChI=1S/C12H17N5S2/c1-3-4-13-9-7-10(17-12(16-9)18-2)15-8-11-14-5-6-19-11/h5-7H,3-4,8H2,1-2H3,(H2,13,15,16,17). The molecule has 2 aromatic rings. The predicted molar refractivity (Wildman–Crippen MR) is 82.0 cm³/mol. The maximum atomic E-state index is 4.44. The van der Waals surface area contributed by atoms with Crippen LogP contribution < -0.4 is 10.6 Å². The minimum Gasteiger partial charge on any atom is -0.370 e. The number of anilines is 2. The van der Waals surface area contributed by atoms with Gasteiger partial charge in [-0.05, 0) is 12.7 Å². The van der Waals surface area contributed by atoms with Crippen molar-refractivity contribution in [2.45, 2.75) is 25.0 Å². The lowest BCUT2D eigenvalue weighted by Gasteiger charge is -2.09. The monoisotopic (exact) mass is 295 g/mol. The van der Waals surface area contributed by atoms with Crippen LogP contribution >= 0.6 is 23.1 Å². The minimum atomic E-state index is 0.690. The van der Waals surface area contributed by atoms with Crippen molar-refractivity contribution < 1.29 is 0 Å². The van der Waals surface area contributed by atoms with Crippen molar-refractivity contribution in [1.29, 1.82) is 0 Å². The van der Waals surface area contributed by atoms with Gasteiger partial charge in [0.2, 0.25) is 0 Å². The molecule has 0 fully saturated rings. The summed E-state index contributed by atoms with van der Waals surface area (Å²) in [5.41, 5.74) is 0. The Bertz CT molecular complexity index is 501. The Kier molecular flexibility index (Phi) is 5.41. The van der Waals surface area contributed by atoms with Gasteiger partial charge in [0, 0.05) is 24.2 Å². The highest BCUT2D eigenvalue weighted by molar-refractivity contribution is 7.98. The molecular weight excluding hydrogens is 278 g/mol. The first kappa shape index (κ1) is 14.1. The molecule has 0 radical (unpaired) electrons. The Morgan fingerprint density at radius 2 is 2.05 bits per heavy atom. The van der Waals surface area contributed by atoms with Gasteiger partial charge in [-0.1, -0.05) is 18.7 Å². The fourth-order valence-electron chi connectivity index (χ4n) is 1.46. The SMILES string of the molecule is CCCNc1cc(NCc2nccs2)nc(SC)n1. The van der Waals surface area contributed by atoms with E-state index in [0.29, 0.717) is 6.54 Å². The number of nitrogens with zero attached hydrogens (tertiary/aromatic N) is 3. The molecule has 0 aromatic carbocycles. The third kappa shape index (κ3) is 4.36. The van der Waals surface area contributed by atoms with Gasteiger partial charge in [-0.2, -0.15) is 0 Å². The first-order chi connectivity index (χ1) is 9.31. The summed E-state index contributed by atoms with van der Waals surface area (Å²) < 4.78 is 0. The first-order valence-corrected chi connectivity index (χ1v) is 8.21. The summed E-state index contributed by atoms with van der Waals surface area (Å²) in [7, 11) is 0. The molecule has 2 heterocycles. The normalized spacial score (nSPS) is 10.4. The summed E-state index contributed by atoms with van der Waals surface area (Å²) in [6.07, 6.45) is 4.85. The van der Waals surface area contributed by atoms with Crippen LogP contribution in [0.5, 0.6) is 0 Å². The van der Waals surface area contributed by atoms with Crippen LogP contribution in [-0.2, 0) is 6.54 Å². The fraction of sp³-hybridized carbons (Fsp3) is 0.417. The van der Waals surface area contributed by atoms with Crippen molar-refractivity contribution in [3.05, 3.63) is 22.7 Å². The Balaban J connectivity index is 2.05. The van der Waals surface area contributed by atoms with Crippen molar-refractivity contribution in [3.63, 3.8) is 0 Å². The molecule has 0 aliphatic rings. The molecule has 0 amide bonds. The zero-order valence-corrected chi connectivity index (χ0v) is 12.6. The lowest BCUT2D eigenvalue weighted by Crippen LogP contribution is -2.07. The van der Waals surface area contributed by atoms with E-state index in [9.17, 15) is 0 Å². The van der Waals surface area contributed by atoms with Crippen molar-refractivity contribution in [1.82, 2.24) is 15.0 Å². The van der Waals surface area contributed by atoms with E-state index >= 15 is 0 Å². The highest BCUT2D eigenvalue weighted by Gasteiger charge is 2.04. The van der Waals surface area contributed by atoms with Crippen molar-refractivity contribution in [2.24, 2.45) is 0 Å². The topological polar surface area (TPSA) is 62.7 Å². The van der Waals surface area contributed by atoms with E-state index in [2.05, 4.69) is 32.5 Å². The summed E-state index contributed by atoms with van der Waals surface area (Å²) >= 11 is 3.17. The van der Waals surface area contributed by atoms with E-state index < -0.39 is 0 Å². The summed E-state index contributed by atoms with van der Waals surface area (Å²) in [6.45, 7) is 3.73. The van der Waals surface area contributed by atoms with Crippen LogP contribution in [0.1, 0.15) is 18.4 Å². The average Bonchev–Trinajstić information content (AvgIpc) is 2.96. The Labute approximate surface area is 121 Å². The van der Waals surface area contributed by atoms with E-state index in [0.717, 1.165) is 34.8 Å². The van der Waals surface area contributed by atoms with Crippen molar-refractivity contribution >= 4 is 34.7 Å². The number of thioether (sulfide) groups is 1. The second-order valence-electron chi connectivity index (χ2n) is 3.83. The fourth-order valence-corrected chi connectivity index (χ4v) is 2.39. The van der Waals surface area contributed by atoms with E-state index in [1.54, 1.807) is 11.3 Å². The molecule has 2 aromatic heterocycles. The Morgan fingerprint density at radius 3 is 2.68 bits per heavy atom. The van der Waals surface area contributed by atoms with Gasteiger partial charge in [0.1, 0.15) is 16.6 Å². The Morgan fingerprint density at radius 1 is 1.26 bits per heavy atom. The lowest BCUT2D eigenvalue weighted by atomic mass is 10.4. The zero-order chi connectivity index (χ0) is 13.5. The molecule has 0 spiro atoms. The van der Waals surface area contributed by atoms with E-state index in [4.69, 9.17) is 0 Å². The van der Waals surface area contributed by atoms with Gasteiger partial charge in [0.25, 0.3) is 0 Å². The molecule has 0 saturated heterocycles. The van der Waals surface area contributed by atoms with Gasteiger partial charge in [-0.3, -0.25) is 0 Å². The van der Waals surface area contributed by atoms with Crippen LogP contribution in [0.3, 0.4) is 0 Å². The van der Waals surface area contributed by atoms with Crippen LogP contribution in [-0.4, -0.2) is 27.8 Å². The lowest BCUT2D eigenvalue weighted by molar-refractivity contribution is 0.921. The molecule has 0 aliphatic heterocycles. The summed E-state index contributed by atoms with van der Waals surface area (Å²) in [4.78, 5) is 13.1. The largest absolute Gasteiger partial charge is 0.370 e. The maximum Gasteiger partial charge on any atom is 0.191 e. The number of thiazole rings is 1. The molecular formula is C12H17N5S2. The maximum absolute atomic E-state index is 4.44. The number of hydrogen-bond donors (Lipinski definition) is 2. The summed E-state index contributed by atoms with van der Waals surface area (Å²) in [5, 5.41) is 10.4. The molecule has 0 unspecified atom stereocenters. The second-order valence-corrected chi connectivity index (χ2v) is 5.58. The van der Waals surface area contributed by atoms with Crippen LogP contribution in [0, 0.1) is 0 Å². The predicted octanol–water partition coefficient (Wildman–Crippen LogP) is 3.09. The molecule has 5 nitrogen and oxygen atoms in total. The summed E-state index contributed by atoms with van der Waals surface area (Å²) in [6, 6.07) is 1.93. The number of nitrogens with one attached hydrogen (secondary N) is 2. The second kappa shape index (κ2) is 7.30. The zero-order valence-electron chi connectivity index (χ0n) is 11.0. The highest BCUT2D eigenvalue weighted by atomic mass is 32.2. The molecule has 102 valence electrons. The van der Waals surface area contributed by atoms with Crippen molar-refractivity contribution in [2.75, 3.05) is 23.4 Å². The molecule has 7 heteroatoms. The smallest absolute Gasteiger partial charge is 0.191 e. The van der Waals surface area contributed by atoms with Crippen LogP contribution in [0.15, 0.2) is 22.8 Å².